The molecule has 284 valence electrons. The van der Waals surface area contributed by atoms with Crippen LogP contribution in [0.1, 0.15) is 66.0 Å². The van der Waals surface area contributed by atoms with Crippen molar-refractivity contribution in [2.75, 3.05) is 39.5 Å². The van der Waals surface area contributed by atoms with Crippen LogP contribution in [-0.4, -0.2) is 67.7 Å². The van der Waals surface area contributed by atoms with Gasteiger partial charge in [-0.15, -0.1) is 0 Å². The maximum Gasteiger partial charge on any atom is 0.142 e. The van der Waals surface area contributed by atoms with Crippen LogP contribution in [0.4, 0.5) is 8.78 Å². The Hall–Kier alpha value is -3.98. The molecule has 0 unspecified atom stereocenters. The van der Waals surface area contributed by atoms with Crippen molar-refractivity contribution in [1.82, 2.24) is 15.2 Å². The summed E-state index contributed by atoms with van der Waals surface area (Å²) in [7, 11) is 0. The van der Waals surface area contributed by atoms with Crippen molar-refractivity contribution in [3.05, 3.63) is 105 Å². The van der Waals surface area contributed by atoms with Crippen molar-refractivity contribution >= 4 is 23.2 Å². The van der Waals surface area contributed by atoms with Gasteiger partial charge in [-0.25, -0.2) is 8.78 Å². The molecular weight excluding hydrogens is 733 g/mol. The molecule has 12 heteroatoms. The van der Waals surface area contributed by atoms with E-state index in [0.29, 0.717) is 71.9 Å². The van der Waals surface area contributed by atoms with Crippen molar-refractivity contribution in [3.8, 4) is 34.4 Å². The molecule has 0 amide bonds. The summed E-state index contributed by atoms with van der Waals surface area (Å²) < 4.78 is 52.4. The van der Waals surface area contributed by atoms with Crippen LogP contribution in [-0.2, 0) is 24.3 Å². The fourth-order valence-electron chi connectivity index (χ4n) is 7.47. The van der Waals surface area contributed by atoms with Gasteiger partial charge in [0, 0.05) is 74.0 Å². The van der Waals surface area contributed by atoms with Crippen LogP contribution >= 0.6 is 23.2 Å². The molecular formula is C42H44Cl2F2N4O4. The number of pyridine rings is 1. The lowest BCUT2D eigenvalue weighted by molar-refractivity contribution is 0.0135. The quantitative estimate of drug-likeness (QED) is 0.127. The molecule has 0 bridgehead atoms. The standard InChI is InChI=1S/C42H44Cl2F2N4O4/c43-35-19-29(24-49-37-12-17-51-26-36(37)46)40(53-25-28-18-27(21-47)22-48-23-28)20-41(35)54-38-9-8-32-31(4-1-5-33(32)38)34-6-2-7-39(42(34)44)52-16-3-13-50-14-10-30(45)11-15-50/h1-2,4-7,18-20,22-23,30,36-38,49H,3,8-17,24-26H2/t36-,37-,38+/m1/s1. The second-order valence-electron chi connectivity index (χ2n) is 14.1. The first kappa shape index (κ1) is 38.3. The maximum absolute atomic E-state index is 14.6. The predicted octanol–water partition coefficient (Wildman–Crippen LogP) is 8.99. The first-order chi connectivity index (χ1) is 26.4. The van der Waals surface area contributed by atoms with Crippen LogP contribution in [0.15, 0.2) is 67.0 Å². The van der Waals surface area contributed by atoms with Crippen LogP contribution in [0, 0.1) is 11.3 Å². The van der Waals surface area contributed by atoms with Gasteiger partial charge in [-0.3, -0.25) is 4.98 Å². The molecule has 2 aliphatic heterocycles. The van der Waals surface area contributed by atoms with Gasteiger partial charge in [0.25, 0.3) is 0 Å². The number of likely N-dealkylation sites (tertiary alicyclic amines) is 1. The van der Waals surface area contributed by atoms with E-state index in [1.54, 1.807) is 24.4 Å². The number of ether oxygens (including phenoxy) is 4. The monoisotopic (exact) mass is 776 g/mol. The number of nitriles is 1. The van der Waals surface area contributed by atoms with Gasteiger partial charge in [0.1, 0.15) is 48.4 Å². The first-order valence-electron chi connectivity index (χ1n) is 18.7. The number of nitrogens with zero attached hydrogens (tertiary/aromatic N) is 3. The number of benzene rings is 3. The molecule has 0 radical (unpaired) electrons. The second kappa shape index (κ2) is 18.1. The molecule has 3 aromatic carbocycles. The largest absolute Gasteiger partial charge is 0.492 e. The van der Waals surface area contributed by atoms with E-state index in [-0.39, 0.29) is 25.4 Å². The lowest BCUT2D eigenvalue weighted by atomic mass is 9.96. The maximum atomic E-state index is 14.6. The minimum Gasteiger partial charge on any atom is -0.492 e. The van der Waals surface area contributed by atoms with E-state index in [2.05, 4.69) is 33.4 Å². The Morgan fingerprint density at radius 1 is 0.944 bits per heavy atom. The van der Waals surface area contributed by atoms with E-state index in [1.165, 1.54) is 6.20 Å². The Kier molecular flexibility index (Phi) is 12.8. The van der Waals surface area contributed by atoms with Gasteiger partial charge in [-0.05, 0) is 73.4 Å². The van der Waals surface area contributed by atoms with E-state index >= 15 is 0 Å². The Morgan fingerprint density at radius 3 is 2.61 bits per heavy atom. The highest BCUT2D eigenvalue weighted by Crippen LogP contribution is 2.45. The Labute approximate surface area is 325 Å². The molecule has 0 spiro atoms. The smallest absolute Gasteiger partial charge is 0.142 e. The zero-order valence-corrected chi connectivity index (χ0v) is 31.6. The van der Waals surface area contributed by atoms with E-state index in [9.17, 15) is 14.0 Å². The van der Waals surface area contributed by atoms with Gasteiger partial charge >= 0.3 is 0 Å². The highest BCUT2D eigenvalue weighted by molar-refractivity contribution is 6.35. The number of fused-ring (bicyclic) bond motifs is 1. The third kappa shape index (κ3) is 9.27. The molecule has 4 aromatic rings. The second-order valence-corrected chi connectivity index (χ2v) is 14.9. The van der Waals surface area contributed by atoms with Gasteiger partial charge in [0.2, 0.25) is 0 Å². The van der Waals surface area contributed by atoms with Gasteiger partial charge in [0.15, 0.2) is 0 Å². The molecule has 1 aromatic heterocycles. The highest BCUT2D eigenvalue weighted by atomic mass is 35.5. The lowest BCUT2D eigenvalue weighted by Gasteiger charge is -2.28. The molecule has 7 rings (SSSR count). The molecule has 54 heavy (non-hydrogen) atoms. The number of rotatable bonds is 14. The minimum absolute atomic E-state index is 0.0658. The molecule has 1 aliphatic carbocycles. The number of hydrogen-bond donors (Lipinski definition) is 1. The summed E-state index contributed by atoms with van der Waals surface area (Å²) in [6.45, 7) is 4.04. The van der Waals surface area contributed by atoms with Crippen LogP contribution < -0.4 is 19.5 Å². The third-order valence-corrected chi connectivity index (χ3v) is 11.1. The zero-order valence-electron chi connectivity index (χ0n) is 30.0. The van der Waals surface area contributed by atoms with Gasteiger partial charge < -0.3 is 29.2 Å². The normalized spacial score (nSPS) is 20.3. The summed E-state index contributed by atoms with van der Waals surface area (Å²) in [6.07, 6.45) is 5.24. The van der Waals surface area contributed by atoms with Crippen molar-refractivity contribution < 1.29 is 27.7 Å². The lowest BCUT2D eigenvalue weighted by Crippen LogP contribution is -2.43. The Bertz CT molecular complexity index is 1950. The van der Waals surface area contributed by atoms with Crippen LogP contribution in [0.2, 0.25) is 10.0 Å². The van der Waals surface area contributed by atoms with Crippen LogP contribution in [0.3, 0.4) is 0 Å². The molecule has 0 saturated carbocycles. The molecule has 2 saturated heterocycles. The molecule has 3 atom stereocenters. The van der Waals surface area contributed by atoms with E-state index in [4.69, 9.17) is 42.1 Å². The number of nitrogens with one attached hydrogen (secondary N) is 1. The molecule has 8 nitrogen and oxygen atoms in total. The SMILES string of the molecule is N#Cc1cncc(COc2cc(O[C@H]3CCc4c(-c5cccc(OCCCN6CCC(F)CC6)c5Cl)cccc43)c(Cl)cc2CN[C@@H]2CCOC[C@H]2F)c1. The number of alkyl halides is 2. The molecule has 1 N–H and O–H groups in total. The summed E-state index contributed by atoms with van der Waals surface area (Å²) in [6, 6.07) is 19.1. The molecule has 3 heterocycles. The van der Waals surface area contributed by atoms with Crippen molar-refractivity contribution in [2.24, 2.45) is 0 Å². The number of hydrogen-bond acceptors (Lipinski definition) is 8. The average Bonchev–Trinajstić information content (AvgIpc) is 3.60. The summed E-state index contributed by atoms with van der Waals surface area (Å²) in [5.74, 6) is 1.65. The average molecular weight is 778 g/mol. The fraction of sp³-hybridized carbons (Fsp3) is 0.429. The van der Waals surface area contributed by atoms with Gasteiger partial charge in [0.05, 0.1) is 28.8 Å². The van der Waals surface area contributed by atoms with E-state index in [1.807, 2.05) is 24.3 Å². The number of halogens is 4. The summed E-state index contributed by atoms with van der Waals surface area (Å²) in [4.78, 5) is 6.44. The van der Waals surface area contributed by atoms with E-state index in [0.717, 1.165) is 72.3 Å². The molecule has 2 fully saturated rings. The highest BCUT2D eigenvalue weighted by Gasteiger charge is 2.29. The summed E-state index contributed by atoms with van der Waals surface area (Å²) in [5.41, 5.74) is 6.08. The minimum atomic E-state index is -1.11. The third-order valence-electron chi connectivity index (χ3n) is 10.4. The fourth-order valence-corrected chi connectivity index (χ4v) is 7.98. The Balaban J connectivity index is 1.07. The van der Waals surface area contributed by atoms with Crippen LogP contribution in [0.5, 0.6) is 17.2 Å². The van der Waals surface area contributed by atoms with Gasteiger partial charge in [-0.1, -0.05) is 53.5 Å². The van der Waals surface area contributed by atoms with Crippen molar-refractivity contribution in [2.45, 2.75) is 76.2 Å². The number of aromatic nitrogens is 1. The molecule has 3 aliphatic rings. The zero-order chi connectivity index (χ0) is 37.4. The summed E-state index contributed by atoms with van der Waals surface area (Å²) in [5, 5.41) is 13.6. The van der Waals surface area contributed by atoms with Crippen molar-refractivity contribution in [3.63, 3.8) is 0 Å². The Morgan fingerprint density at radius 2 is 1.78 bits per heavy atom. The number of piperidine rings is 1. The van der Waals surface area contributed by atoms with Crippen LogP contribution in [0.25, 0.3) is 11.1 Å². The van der Waals surface area contributed by atoms with E-state index < -0.39 is 12.3 Å². The summed E-state index contributed by atoms with van der Waals surface area (Å²) >= 11 is 13.9. The van der Waals surface area contributed by atoms with Crippen molar-refractivity contribution in [1.29, 1.82) is 5.26 Å². The van der Waals surface area contributed by atoms with Gasteiger partial charge in [-0.2, -0.15) is 5.26 Å². The topological polar surface area (TPSA) is 88.9 Å². The predicted molar refractivity (Wildman–Crippen MR) is 205 cm³/mol. The first-order valence-corrected chi connectivity index (χ1v) is 19.4.